The summed E-state index contributed by atoms with van der Waals surface area (Å²) < 4.78 is 53.4. The highest BCUT2D eigenvalue weighted by molar-refractivity contribution is 6.05. The Morgan fingerprint density at radius 1 is 1.10 bits per heavy atom. The maximum absolute atomic E-state index is 13.3. The van der Waals surface area contributed by atoms with Gasteiger partial charge in [0.1, 0.15) is 11.5 Å². The number of benzene rings is 2. The van der Waals surface area contributed by atoms with Crippen LogP contribution in [0.2, 0.25) is 0 Å². The number of alkyl halides is 3. The van der Waals surface area contributed by atoms with Crippen molar-refractivity contribution in [3.05, 3.63) is 99.8 Å². The van der Waals surface area contributed by atoms with E-state index in [1.165, 1.54) is 36.5 Å². The second kappa shape index (κ2) is 7.90. The molecule has 0 spiro atoms. The molecule has 3 aromatic rings. The number of nitrogens with zero attached hydrogens (tertiary/aromatic N) is 1. The number of anilines is 1. The van der Waals surface area contributed by atoms with Crippen LogP contribution < -0.4 is 10.0 Å². The van der Waals surface area contributed by atoms with Crippen molar-refractivity contribution < 1.29 is 27.1 Å². The molecule has 2 aromatic carbocycles. The summed E-state index contributed by atoms with van der Waals surface area (Å²) >= 11 is 0. The Morgan fingerprint density at radius 3 is 2.52 bits per heavy atom. The van der Waals surface area contributed by atoms with E-state index in [0.717, 1.165) is 24.4 Å². The van der Waals surface area contributed by atoms with Gasteiger partial charge in [-0.2, -0.15) is 17.9 Å². The lowest BCUT2D eigenvalue weighted by molar-refractivity contribution is -0.604. The largest absolute Gasteiger partial charge is 0.619 e. The average Bonchev–Trinajstić information content (AvgIpc) is 2.63. The van der Waals surface area contributed by atoms with Crippen molar-refractivity contribution in [2.24, 2.45) is 0 Å². The molecule has 0 bridgehead atoms. The highest BCUT2D eigenvalue weighted by Crippen LogP contribution is 2.32. The molecule has 29 heavy (non-hydrogen) atoms. The number of hydrogen-bond donors (Lipinski definition) is 1. The zero-order valence-corrected chi connectivity index (χ0v) is 15.3. The smallest absolute Gasteiger partial charge is 0.416 e. The number of carbonyl (C=O) groups is 1. The monoisotopic (exact) mass is 404 g/mol. The quantitative estimate of drug-likeness (QED) is 0.392. The standard InChI is InChI=1S/C21H16F4N2O2/c1-13-9-17(22)6-4-14(13)10-15-11-16(21(23,24)25)5-7-19(15)20(28)26-18-3-2-8-27(29)12-18/h2-9,11-12H,10H2,1H3,(H,26,28). The Morgan fingerprint density at radius 2 is 1.86 bits per heavy atom. The van der Waals surface area contributed by atoms with Gasteiger partial charge in [-0.15, -0.1) is 0 Å². The second-order valence-electron chi connectivity index (χ2n) is 6.52. The van der Waals surface area contributed by atoms with Crippen LogP contribution in [0.25, 0.3) is 0 Å². The van der Waals surface area contributed by atoms with E-state index >= 15 is 0 Å². The Labute approximate surface area is 164 Å². The Balaban J connectivity index is 2.00. The molecule has 0 aliphatic carbocycles. The van der Waals surface area contributed by atoms with Crippen LogP contribution in [0, 0.1) is 17.9 Å². The van der Waals surface area contributed by atoms with Crippen LogP contribution in [0.1, 0.15) is 32.6 Å². The summed E-state index contributed by atoms with van der Waals surface area (Å²) in [4.78, 5) is 12.7. The molecule has 0 saturated heterocycles. The molecule has 1 heterocycles. The van der Waals surface area contributed by atoms with Crippen molar-refractivity contribution in [1.29, 1.82) is 0 Å². The predicted molar refractivity (Wildman–Crippen MR) is 98.7 cm³/mol. The van der Waals surface area contributed by atoms with Crippen LogP contribution in [-0.2, 0) is 12.6 Å². The van der Waals surface area contributed by atoms with Gasteiger partial charge in [-0.05, 0) is 66.4 Å². The maximum Gasteiger partial charge on any atom is 0.416 e. The number of halogens is 4. The number of aryl methyl sites for hydroxylation is 1. The minimum Gasteiger partial charge on any atom is -0.619 e. The number of aromatic nitrogens is 1. The minimum absolute atomic E-state index is 0.00906. The molecular weight excluding hydrogens is 388 g/mol. The molecule has 0 aliphatic rings. The van der Waals surface area contributed by atoms with Gasteiger partial charge < -0.3 is 10.5 Å². The normalized spacial score (nSPS) is 11.3. The fraction of sp³-hybridized carbons (Fsp3) is 0.143. The van der Waals surface area contributed by atoms with Crippen molar-refractivity contribution >= 4 is 11.6 Å². The molecule has 3 rings (SSSR count). The van der Waals surface area contributed by atoms with Crippen LogP contribution in [-0.4, -0.2) is 5.91 Å². The number of carbonyl (C=O) groups excluding carboxylic acids is 1. The summed E-state index contributed by atoms with van der Waals surface area (Å²) in [5.41, 5.74) is 0.638. The van der Waals surface area contributed by atoms with E-state index in [-0.39, 0.29) is 23.2 Å². The predicted octanol–water partition coefficient (Wildman–Crippen LogP) is 4.63. The Hall–Kier alpha value is -3.42. The van der Waals surface area contributed by atoms with E-state index in [9.17, 15) is 27.6 Å². The fourth-order valence-electron chi connectivity index (χ4n) is 2.93. The van der Waals surface area contributed by atoms with E-state index in [0.29, 0.717) is 15.9 Å². The van der Waals surface area contributed by atoms with E-state index in [1.807, 2.05) is 0 Å². The molecule has 0 saturated carbocycles. The molecular formula is C21H16F4N2O2. The third-order valence-corrected chi connectivity index (χ3v) is 4.40. The van der Waals surface area contributed by atoms with E-state index in [4.69, 9.17) is 0 Å². The van der Waals surface area contributed by atoms with Crippen molar-refractivity contribution in [2.75, 3.05) is 5.32 Å². The topological polar surface area (TPSA) is 56.0 Å². The lowest BCUT2D eigenvalue weighted by Crippen LogP contribution is -2.25. The average molecular weight is 404 g/mol. The molecule has 1 N–H and O–H groups in total. The molecule has 0 unspecified atom stereocenters. The summed E-state index contributed by atoms with van der Waals surface area (Å²) in [5.74, 6) is -1.11. The summed E-state index contributed by atoms with van der Waals surface area (Å²) in [6, 6.07) is 9.72. The highest BCUT2D eigenvalue weighted by atomic mass is 19.4. The summed E-state index contributed by atoms with van der Waals surface area (Å²) in [7, 11) is 0. The van der Waals surface area contributed by atoms with Gasteiger partial charge in [0, 0.05) is 11.6 Å². The second-order valence-corrected chi connectivity index (χ2v) is 6.52. The van der Waals surface area contributed by atoms with Gasteiger partial charge in [-0.1, -0.05) is 6.07 Å². The number of hydrogen-bond acceptors (Lipinski definition) is 2. The first-order valence-corrected chi connectivity index (χ1v) is 8.59. The Kier molecular flexibility index (Phi) is 5.54. The lowest BCUT2D eigenvalue weighted by atomic mass is 9.94. The molecule has 1 amide bonds. The van der Waals surface area contributed by atoms with Crippen molar-refractivity contribution in [3.8, 4) is 0 Å². The van der Waals surface area contributed by atoms with Gasteiger partial charge >= 0.3 is 6.18 Å². The molecule has 150 valence electrons. The first kappa shape index (κ1) is 20.3. The van der Waals surface area contributed by atoms with Gasteiger partial charge in [0.25, 0.3) is 5.91 Å². The van der Waals surface area contributed by atoms with E-state index < -0.39 is 23.5 Å². The van der Waals surface area contributed by atoms with Crippen LogP contribution in [0.15, 0.2) is 60.9 Å². The first-order valence-electron chi connectivity index (χ1n) is 8.59. The highest BCUT2D eigenvalue weighted by Gasteiger charge is 2.31. The van der Waals surface area contributed by atoms with Gasteiger partial charge in [0.15, 0.2) is 6.20 Å². The first-order chi connectivity index (χ1) is 13.6. The zero-order valence-electron chi connectivity index (χ0n) is 15.3. The zero-order chi connectivity index (χ0) is 21.2. The molecule has 4 nitrogen and oxygen atoms in total. The van der Waals surface area contributed by atoms with Gasteiger partial charge in [0.2, 0.25) is 6.20 Å². The molecule has 8 heteroatoms. The van der Waals surface area contributed by atoms with Crippen molar-refractivity contribution in [3.63, 3.8) is 0 Å². The summed E-state index contributed by atoms with van der Waals surface area (Å²) in [6.45, 7) is 1.64. The third-order valence-electron chi connectivity index (χ3n) is 4.40. The molecule has 0 atom stereocenters. The van der Waals surface area contributed by atoms with Crippen LogP contribution >= 0.6 is 0 Å². The lowest BCUT2D eigenvalue weighted by Gasteiger charge is -2.15. The molecule has 1 aromatic heterocycles. The van der Waals surface area contributed by atoms with Gasteiger partial charge in [-0.3, -0.25) is 4.79 Å². The number of rotatable bonds is 4. The minimum atomic E-state index is -4.57. The number of pyridine rings is 1. The molecule has 0 radical (unpaired) electrons. The number of amides is 1. The molecule has 0 aliphatic heterocycles. The Bertz CT molecular complexity index is 1060. The third kappa shape index (κ3) is 4.90. The molecule has 0 fully saturated rings. The number of nitrogens with one attached hydrogen (secondary N) is 1. The SMILES string of the molecule is Cc1cc(F)ccc1Cc1cc(C(F)(F)F)ccc1C(=O)Nc1ccc[n+]([O-])c1. The van der Waals surface area contributed by atoms with Crippen LogP contribution in [0.4, 0.5) is 23.2 Å². The van der Waals surface area contributed by atoms with Crippen LogP contribution in [0.3, 0.4) is 0 Å². The van der Waals surface area contributed by atoms with Gasteiger partial charge in [0.05, 0.1) is 5.56 Å². The fourth-order valence-corrected chi connectivity index (χ4v) is 2.93. The van der Waals surface area contributed by atoms with Crippen LogP contribution in [0.5, 0.6) is 0 Å². The van der Waals surface area contributed by atoms with Crippen molar-refractivity contribution in [1.82, 2.24) is 0 Å². The summed E-state index contributed by atoms with van der Waals surface area (Å²) in [5, 5.41) is 13.9. The van der Waals surface area contributed by atoms with Gasteiger partial charge in [-0.25, -0.2) is 4.39 Å². The van der Waals surface area contributed by atoms with E-state index in [1.54, 1.807) is 6.92 Å². The van der Waals surface area contributed by atoms with Crippen molar-refractivity contribution in [2.45, 2.75) is 19.5 Å². The summed E-state index contributed by atoms with van der Waals surface area (Å²) in [6.07, 6.45) is -2.20. The maximum atomic E-state index is 13.3. The van der Waals surface area contributed by atoms with E-state index in [2.05, 4.69) is 5.32 Å².